The Kier molecular flexibility index (Phi) is 7.87. The monoisotopic (exact) mass is 464 g/mol. The van der Waals surface area contributed by atoms with Crippen LogP contribution in [0.15, 0.2) is 23.3 Å². The quantitative estimate of drug-likeness (QED) is 0.321. The molecule has 0 radical (unpaired) electrons. The zero-order valence-electron chi connectivity index (χ0n) is 14.1. The lowest BCUT2D eigenvalue weighted by molar-refractivity contribution is 0.299. The molecular weight excluding hydrogens is 439 g/mol. The van der Waals surface area contributed by atoms with E-state index in [2.05, 4.69) is 20.2 Å². The Hall–Kier alpha value is -0.760. The standard InChI is InChI=1S/C17H25ClN4O.HI/c1-19-17(22-11-13-4-2-3-5-14(13)12-22)20-8-9-23-16-7-6-15(18)10-21-16;/h6-7,10,13-14H,2-5,8-9,11-12H2,1H3,(H,19,20);1H. The van der Waals surface area contributed by atoms with E-state index in [-0.39, 0.29) is 24.0 Å². The first-order chi connectivity index (χ1) is 11.3. The third-order valence-electron chi connectivity index (χ3n) is 4.82. The van der Waals surface area contributed by atoms with E-state index in [9.17, 15) is 0 Å². The van der Waals surface area contributed by atoms with E-state index in [1.54, 1.807) is 18.3 Å². The molecule has 2 aliphatic rings. The molecule has 0 spiro atoms. The van der Waals surface area contributed by atoms with Crippen molar-refractivity contribution in [1.82, 2.24) is 15.2 Å². The zero-order valence-corrected chi connectivity index (χ0v) is 17.2. The Morgan fingerprint density at radius 3 is 2.62 bits per heavy atom. The van der Waals surface area contributed by atoms with Crippen LogP contribution in [0.5, 0.6) is 5.88 Å². The lowest BCUT2D eigenvalue weighted by Crippen LogP contribution is -2.41. The van der Waals surface area contributed by atoms with Gasteiger partial charge in [-0.2, -0.15) is 0 Å². The molecular formula is C17H26ClIN4O. The molecule has 1 N–H and O–H groups in total. The Bertz CT molecular complexity index is 526. The highest BCUT2D eigenvalue weighted by Crippen LogP contribution is 2.35. The van der Waals surface area contributed by atoms with Crippen molar-refractivity contribution in [2.45, 2.75) is 25.7 Å². The molecule has 24 heavy (non-hydrogen) atoms. The van der Waals surface area contributed by atoms with Crippen LogP contribution in [0.1, 0.15) is 25.7 Å². The third-order valence-corrected chi connectivity index (χ3v) is 5.05. The molecule has 1 aromatic heterocycles. The second kappa shape index (κ2) is 9.65. The molecule has 7 heteroatoms. The van der Waals surface area contributed by atoms with Gasteiger partial charge in [-0.15, -0.1) is 24.0 Å². The normalized spacial score (nSPS) is 23.4. The minimum atomic E-state index is 0. The summed E-state index contributed by atoms with van der Waals surface area (Å²) in [5.74, 6) is 3.30. The summed E-state index contributed by atoms with van der Waals surface area (Å²) in [4.78, 5) is 10.9. The van der Waals surface area contributed by atoms with Gasteiger partial charge in [-0.25, -0.2) is 4.98 Å². The lowest BCUT2D eigenvalue weighted by atomic mass is 9.82. The van der Waals surface area contributed by atoms with E-state index in [1.165, 1.54) is 25.7 Å². The van der Waals surface area contributed by atoms with Gasteiger partial charge in [0, 0.05) is 32.4 Å². The Labute approximate surface area is 166 Å². The first-order valence-corrected chi connectivity index (χ1v) is 8.84. The van der Waals surface area contributed by atoms with Crippen LogP contribution in [0, 0.1) is 11.8 Å². The van der Waals surface area contributed by atoms with Crippen molar-refractivity contribution in [3.8, 4) is 5.88 Å². The zero-order chi connectivity index (χ0) is 16.1. The van der Waals surface area contributed by atoms with Crippen molar-refractivity contribution in [3.63, 3.8) is 0 Å². The van der Waals surface area contributed by atoms with Gasteiger partial charge in [0.05, 0.1) is 11.6 Å². The number of hydrogen-bond acceptors (Lipinski definition) is 3. The van der Waals surface area contributed by atoms with E-state index in [0.717, 1.165) is 30.9 Å². The number of nitrogens with zero attached hydrogens (tertiary/aromatic N) is 3. The minimum Gasteiger partial charge on any atom is -0.476 e. The molecule has 2 unspecified atom stereocenters. The van der Waals surface area contributed by atoms with Gasteiger partial charge in [-0.1, -0.05) is 24.4 Å². The Morgan fingerprint density at radius 2 is 2.04 bits per heavy atom. The summed E-state index contributed by atoms with van der Waals surface area (Å²) in [6, 6.07) is 3.56. The maximum atomic E-state index is 5.81. The van der Waals surface area contributed by atoms with Crippen LogP contribution in [0.3, 0.4) is 0 Å². The van der Waals surface area contributed by atoms with Crippen molar-refractivity contribution < 1.29 is 4.74 Å². The van der Waals surface area contributed by atoms with Gasteiger partial charge in [0.1, 0.15) is 6.61 Å². The maximum absolute atomic E-state index is 5.81. The van der Waals surface area contributed by atoms with Crippen LogP contribution in [0.4, 0.5) is 0 Å². The van der Waals surface area contributed by atoms with Crippen LogP contribution in [-0.4, -0.2) is 49.1 Å². The van der Waals surface area contributed by atoms with Crippen molar-refractivity contribution >= 4 is 41.5 Å². The molecule has 1 aliphatic heterocycles. The molecule has 3 rings (SSSR count). The number of aromatic nitrogens is 1. The maximum Gasteiger partial charge on any atom is 0.213 e. The van der Waals surface area contributed by atoms with E-state index < -0.39 is 0 Å². The first-order valence-electron chi connectivity index (χ1n) is 8.46. The van der Waals surface area contributed by atoms with Gasteiger partial charge in [0.25, 0.3) is 0 Å². The molecule has 5 nitrogen and oxygen atoms in total. The molecule has 1 aliphatic carbocycles. The second-order valence-corrected chi connectivity index (χ2v) is 6.78. The summed E-state index contributed by atoms with van der Waals surface area (Å²) in [6.45, 7) is 3.55. The molecule has 0 aromatic carbocycles. The molecule has 0 amide bonds. The Morgan fingerprint density at radius 1 is 1.33 bits per heavy atom. The number of rotatable bonds is 4. The van der Waals surface area contributed by atoms with Gasteiger partial charge < -0.3 is 15.0 Å². The van der Waals surface area contributed by atoms with Crippen LogP contribution in [0.25, 0.3) is 0 Å². The average Bonchev–Trinajstić information content (AvgIpc) is 3.00. The van der Waals surface area contributed by atoms with Crippen LogP contribution >= 0.6 is 35.6 Å². The summed E-state index contributed by atoms with van der Waals surface area (Å²) in [5, 5.41) is 4.02. The molecule has 1 aromatic rings. The highest BCUT2D eigenvalue weighted by molar-refractivity contribution is 14.0. The van der Waals surface area contributed by atoms with Gasteiger partial charge in [-0.3, -0.25) is 4.99 Å². The highest BCUT2D eigenvalue weighted by atomic mass is 127. The van der Waals surface area contributed by atoms with Gasteiger partial charge >= 0.3 is 0 Å². The number of halogens is 2. The summed E-state index contributed by atoms with van der Waals surface area (Å²) >= 11 is 5.81. The topological polar surface area (TPSA) is 49.8 Å². The summed E-state index contributed by atoms with van der Waals surface area (Å²) in [6.07, 6.45) is 7.13. The number of guanidine groups is 1. The second-order valence-electron chi connectivity index (χ2n) is 6.35. The third kappa shape index (κ3) is 5.12. The predicted molar refractivity (Wildman–Crippen MR) is 109 cm³/mol. The molecule has 0 bridgehead atoms. The van der Waals surface area contributed by atoms with Gasteiger partial charge in [-0.05, 0) is 30.7 Å². The molecule has 2 fully saturated rings. The van der Waals surface area contributed by atoms with Crippen molar-refractivity contribution in [2.24, 2.45) is 16.8 Å². The lowest BCUT2D eigenvalue weighted by Gasteiger charge is -2.22. The number of pyridine rings is 1. The summed E-state index contributed by atoms with van der Waals surface area (Å²) < 4.78 is 5.61. The first kappa shape index (κ1) is 19.6. The molecule has 1 saturated carbocycles. The number of ether oxygens (including phenoxy) is 1. The van der Waals surface area contributed by atoms with Crippen LogP contribution < -0.4 is 10.1 Å². The molecule has 2 heterocycles. The summed E-state index contributed by atoms with van der Waals surface area (Å²) in [5.41, 5.74) is 0. The fourth-order valence-corrected chi connectivity index (χ4v) is 3.79. The fraction of sp³-hybridized carbons (Fsp3) is 0.647. The van der Waals surface area contributed by atoms with Crippen LogP contribution in [0.2, 0.25) is 5.02 Å². The smallest absolute Gasteiger partial charge is 0.213 e. The van der Waals surface area contributed by atoms with E-state index in [1.807, 2.05) is 7.05 Å². The van der Waals surface area contributed by atoms with E-state index >= 15 is 0 Å². The van der Waals surface area contributed by atoms with Crippen molar-refractivity contribution in [2.75, 3.05) is 33.3 Å². The number of aliphatic imine (C=N–C) groups is 1. The molecule has 134 valence electrons. The van der Waals surface area contributed by atoms with Crippen molar-refractivity contribution in [1.29, 1.82) is 0 Å². The Balaban J connectivity index is 0.00000208. The number of fused-ring (bicyclic) bond motifs is 1. The minimum absolute atomic E-state index is 0. The number of nitrogens with one attached hydrogen (secondary N) is 1. The van der Waals surface area contributed by atoms with Crippen molar-refractivity contribution in [3.05, 3.63) is 23.4 Å². The SMILES string of the molecule is CN=C(NCCOc1ccc(Cl)cn1)N1CC2CCCCC2C1.I. The van der Waals surface area contributed by atoms with Gasteiger partial charge in [0.2, 0.25) is 5.88 Å². The molecule has 1 saturated heterocycles. The fourth-order valence-electron chi connectivity index (χ4n) is 3.68. The van der Waals surface area contributed by atoms with E-state index in [0.29, 0.717) is 24.1 Å². The average molecular weight is 465 g/mol. The number of hydrogen-bond donors (Lipinski definition) is 1. The molecule has 2 atom stereocenters. The van der Waals surface area contributed by atoms with Crippen LogP contribution in [-0.2, 0) is 0 Å². The van der Waals surface area contributed by atoms with Gasteiger partial charge in [0.15, 0.2) is 5.96 Å². The van der Waals surface area contributed by atoms with E-state index in [4.69, 9.17) is 16.3 Å². The highest BCUT2D eigenvalue weighted by Gasteiger charge is 2.35. The number of likely N-dealkylation sites (tertiary alicyclic amines) is 1. The predicted octanol–water partition coefficient (Wildman–Crippen LogP) is 3.43. The summed E-state index contributed by atoms with van der Waals surface area (Å²) in [7, 11) is 1.85. The largest absolute Gasteiger partial charge is 0.476 e.